The first kappa shape index (κ1) is 11.3. The Labute approximate surface area is 105 Å². The minimum absolute atomic E-state index is 0.229. The number of hydrazine groups is 1. The molecule has 1 fully saturated rings. The standard InChI is InChI=1S/C12H16N4O2/c1-14-8-9-6-12(16(17)18)11(7-10(9)13-14)15-4-2-3-5-15/h6-7,13H,2-5,8H2,1H3. The molecule has 0 bridgehead atoms. The van der Waals surface area contributed by atoms with Crippen molar-refractivity contribution in [3.8, 4) is 0 Å². The van der Waals surface area contributed by atoms with Gasteiger partial charge in [0.2, 0.25) is 0 Å². The van der Waals surface area contributed by atoms with Crippen molar-refractivity contribution in [1.29, 1.82) is 0 Å². The van der Waals surface area contributed by atoms with Crippen molar-refractivity contribution in [3.05, 3.63) is 27.8 Å². The zero-order chi connectivity index (χ0) is 12.7. The second-order valence-electron chi connectivity index (χ2n) is 4.92. The van der Waals surface area contributed by atoms with Crippen molar-refractivity contribution in [1.82, 2.24) is 5.01 Å². The van der Waals surface area contributed by atoms with Crippen LogP contribution in [0.1, 0.15) is 18.4 Å². The molecule has 1 saturated heterocycles. The second-order valence-corrected chi connectivity index (χ2v) is 4.92. The van der Waals surface area contributed by atoms with Crippen LogP contribution < -0.4 is 10.3 Å². The first-order chi connectivity index (χ1) is 8.65. The molecule has 18 heavy (non-hydrogen) atoms. The van der Waals surface area contributed by atoms with Gasteiger partial charge in [-0.1, -0.05) is 0 Å². The van der Waals surface area contributed by atoms with E-state index in [0.717, 1.165) is 42.9 Å². The van der Waals surface area contributed by atoms with Crippen LogP contribution in [-0.2, 0) is 6.54 Å². The molecule has 6 heteroatoms. The van der Waals surface area contributed by atoms with Crippen LogP contribution in [0, 0.1) is 10.1 Å². The Morgan fingerprint density at radius 1 is 1.33 bits per heavy atom. The van der Waals surface area contributed by atoms with E-state index in [2.05, 4.69) is 10.3 Å². The first-order valence-electron chi connectivity index (χ1n) is 6.19. The molecule has 0 aliphatic carbocycles. The molecule has 0 saturated carbocycles. The van der Waals surface area contributed by atoms with Gasteiger partial charge in [-0.3, -0.25) is 10.1 Å². The molecule has 6 nitrogen and oxygen atoms in total. The Morgan fingerprint density at radius 2 is 2.06 bits per heavy atom. The molecule has 2 aliphatic rings. The van der Waals surface area contributed by atoms with Gasteiger partial charge in [0.15, 0.2) is 0 Å². The molecule has 0 unspecified atom stereocenters. The highest BCUT2D eigenvalue weighted by Crippen LogP contribution is 2.38. The molecular weight excluding hydrogens is 232 g/mol. The van der Waals surface area contributed by atoms with Crippen molar-refractivity contribution < 1.29 is 4.92 Å². The second kappa shape index (κ2) is 4.13. The van der Waals surface area contributed by atoms with Crippen molar-refractivity contribution in [2.24, 2.45) is 0 Å². The maximum Gasteiger partial charge on any atom is 0.293 e. The predicted molar refractivity (Wildman–Crippen MR) is 69.6 cm³/mol. The molecule has 0 radical (unpaired) electrons. The van der Waals surface area contributed by atoms with E-state index < -0.39 is 0 Å². The highest BCUT2D eigenvalue weighted by atomic mass is 16.6. The number of hydrogen-bond acceptors (Lipinski definition) is 5. The third-order valence-electron chi connectivity index (χ3n) is 3.56. The van der Waals surface area contributed by atoms with E-state index >= 15 is 0 Å². The summed E-state index contributed by atoms with van der Waals surface area (Å²) in [4.78, 5) is 13.0. The summed E-state index contributed by atoms with van der Waals surface area (Å²) in [5.41, 5.74) is 6.17. The summed E-state index contributed by atoms with van der Waals surface area (Å²) in [5.74, 6) is 0. The number of nitro benzene ring substituents is 1. The largest absolute Gasteiger partial charge is 0.366 e. The van der Waals surface area contributed by atoms with E-state index in [1.165, 1.54) is 0 Å². The van der Waals surface area contributed by atoms with Crippen molar-refractivity contribution in [2.45, 2.75) is 19.4 Å². The Bertz CT molecular complexity index is 497. The fourth-order valence-corrected chi connectivity index (χ4v) is 2.71. The smallest absolute Gasteiger partial charge is 0.293 e. The highest BCUT2D eigenvalue weighted by Gasteiger charge is 2.27. The normalized spacial score (nSPS) is 18.8. The molecule has 2 heterocycles. The number of benzene rings is 1. The topological polar surface area (TPSA) is 61.6 Å². The van der Waals surface area contributed by atoms with E-state index in [1.54, 1.807) is 6.07 Å². The lowest BCUT2D eigenvalue weighted by molar-refractivity contribution is -0.384. The molecule has 0 spiro atoms. The van der Waals surface area contributed by atoms with Crippen molar-refractivity contribution in [3.63, 3.8) is 0 Å². The minimum atomic E-state index is -0.272. The summed E-state index contributed by atoms with van der Waals surface area (Å²) in [6.07, 6.45) is 2.23. The number of nitrogens with zero attached hydrogens (tertiary/aromatic N) is 3. The number of fused-ring (bicyclic) bond motifs is 1. The third kappa shape index (κ3) is 1.78. The highest BCUT2D eigenvalue weighted by molar-refractivity contribution is 5.73. The Kier molecular flexibility index (Phi) is 2.59. The van der Waals surface area contributed by atoms with Gasteiger partial charge < -0.3 is 10.3 Å². The zero-order valence-corrected chi connectivity index (χ0v) is 10.3. The lowest BCUT2D eigenvalue weighted by atomic mass is 10.1. The van der Waals surface area contributed by atoms with Crippen LogP contribution in [0.15, 0.2) is 12.1 Å². The van der Waals surface area contributed by atoms with Crippen LogP contribution in [0.2, 0.25) is 0 Å². The van der Waals surface area contributed by atoms with Gasteiger partial charge in [0, 0.05) is 32.7 Å². The van der Waals surface area contributed by atoms with Crippen molar-refractivity contribution >= 4 is 17.1 Å². The lowest BCUT2D eigenvalue weighted by Gasteiger charge is -2.18. The summed E-state index contributed by atoms with van der Waals surface area (Å²) < 4.78 is 0. The van der Waals surface area contributed by atoms with E-state index in [1.807, 2.05) is 18.1 Å². The van der Waals surface area contributed by atoms with Gasteiger partial charge in [0.1, 0.15) is 5.69 Å². The van der Waals surface area contributed by atoms with Crippen LogP contribution in [0.3, 0.4) is 0 Å². The first-order valence-corrected chi connectivity index (χ1v) is 6.19. The van der Waals surface area contributed by atoms with Gasteiger partial charge in [0.25, 0.3) is 5.69 Å². The fourth-order valence-electron chi connectivity index (χ4n) is 2.71. The number of nitro groups is 1. The summed E-state index contributed by atoms with van der Waals surface area (Å²) in [6, 6.07) is 3.63. The third-order valence-corrected chi connectivity index (χ3v) is 3.56. The number of rotatable bonds is 2. The van der Waals surface area contributed by atoms with Gasteiger partial charge in [0.05, 0.1) is 10.6 Å². The van der Waals surface area contributed by atoms with E-state index in [0.29, 0.717) is 6.54 Å². The summed E-state index contributed by atoms with van der Waals surface area (Å²) in [5, 5.41) is 13.1. The van der Waals surface area contributed by atoms with Crippen LogP contribution in [0.5, 0.6) is 0 Å². The quantitative estimate of drug-likeness (QED) is 0.640. The molecule has 96 valence electrons. The zero-order valence-electron chi connectivity index (χ0n) is 10.3. The fraction of sp³-hybridized carbons (Fsp3) is 0.500. The summed E-state index contributed by atoms with van der Waals surface area (Å²) in [7, 11) is 1.93. The van der Waals surface area contributed by atoms with Crippen molar-refractivity contribution in [2.75, 3.05) is 30.5 Å². The molecule has 3 rings (SSSR count). The average Bonchev–Trinajstić information content (AvgIpc) is 2.93. The SMILES string of the molecule is CN1Cc2cc([N+](=O)[O-])c(N3CCCC3)cc2N1. The maximum atomic E-state index is 11.2. The Morgan fingerprint density at radius 3 is 2.72 bits per heavy atom. The van der Waals surface area contributed by atoms with Crippen LogP contribution in [0.4, 0.5) is 17.1 Å². The number of hydrogen-bond donors (Lipinski definition) is 1. The Balaban J connectivity index is 2.06. The summed E-state index contributed by atoms with van der Waals surface area (Å²) in [6.45, 7) is 2.53. The van der Waals surface area contributed by atoms with Crippen LogP contribution in [0.25, 0.3) is 0 Å². The van der Waals surface area contributed by atoms with Gasteiger partial charge in [-0.05, 0) is 24.5 Å². The van der Waals surface area contributed by atoms with Gasteiger partial charge >= 0.3 is 0 Å². The molecular formula is C12H16N4O2. The van der Waals surface area contributed by atoms with E-state index in [9.17, 15) is 10.1 Å². The molecule has 0 aromatic heterocycles. The van der Waals surface area contributed by atoms with Gasteiger partial charge in [-0.25, -0.2) is 5.01 Å². The van der Waals surface area contributed by atoms with Gasteiger partial charge in [-0.2, -0.15) is 0 Å². The Hall–Kier alpha value is -1.82. The molecule has 2 aliphatic heterocycles. The molecule has 0 amide bonds. The molecule has 1 aromatic carbocycles. The van der Waals surface area contributed by atoms with Crippen LogP contribution >= 0.6 is 0 Å². The monoisotopic (exact) mass is 248 g/mol. The van der Waals surface area contributed by atoms with E-state index in [-0.39, 0.29) is 10.6 Å². The summed E-state index contributed by atoms with van der Waals surface area (Å²) >= 11 is 0. The molecule has 1 aromatic rings. The predicted octanol–water partition coefficient (Wildman–Crippen LogP) is 1.97. The van der Waals surface area contributed by atoms with Crippen LogP contribution in [-0.4, -0.2) is 30.1 Å². The van der Waals surface area contributed by atoms with Gasteiger partial charge in [-0.15, -0.1) is 0 Å². The number of nitrogens with one attached hydrogen (secondary N) is 1. The van der Waals surface area contributed by atoms with E-state index in [4.69, 9.17) is 0 Å². The molecule has 1 N–H and O–H groups in total. The lowest BCUT2D eigenvalue weighted by Crippen LogP contribution is -2.19. The maximum absolute atomic E-state index is 11.2. The minimum Gasteiger partial charge on any atom is -0.366 e. The number of anilines is 2. The molecule has 0 atom stereocenters. The average molecular weight is 248 g/mol.